The van der Waals surface area contributed by atoms with Crippen molar-refractivity contribution in [3.05, 3.63) is 29.3 Å². The van der Waals surface area contributed by atoms with Crippen molar-refractivity contribution in [3.8, 4) is 5.75 Å². The summed E-state index contributed by atoms with van der Waals surface area (Å²) in [5.41, 5.74) is 5.17. The van der Waals surface area contributed by atoms with Crippen LogP contribution < -0.4 is 5.73 Å². The standard InChI is InChI=1S/C7H5F2NOS/c8-4-1-3(7(10)12)2-5(9)6(4)11/h1-2,11H,(H2,10,12). The van der Waals surface area contributed by atoms with E-state index >= 15 is 0 Å². The van der Waals surface area contributed by atoms with E-state index in [4.69, 9.17) is 10.8 Å². The van der Waals surface area contributed by atoms with E-state index in [0.29, 0.717) is 0 Å². The highest BCUT2D eigenvalue weighted by Gasteiger charge is 2.10. The van der Waals surface area contributed by atoms with E-state index in [9.17, 15) is 8.78 Å². The number of hydrogen-bond donors (Lipinski definition) is 2. The molecule has 64 valence electrons. The van der Waals surface area contributed by atoms with Gasteiger partial charge in [0.1, 0.15) is 4.99 Å². The van der Waals surface area contributed by atoms with Crippen LogP contribution in [0.5, 0.6) is 5.75 Å². The minimum atomic E-state index is -1.07. The van der Waals surface area contributed by atoms with Gasteiger partial charge in [0, 0.05) is 5.56 Å². The topological polar surface area (TPSA) is 46.2 Å². The van der Waals surface area contributed by atoms with Crippen molar-refractivity contribution in [1.82, 2.24) is 0 Å². The zero-order chi connectivity index (χ0) is 9.30. The predicted octanol–water partition coefficient (Wildman–Crippen LogP) is 1.30. The number of rotatable bonds is 1. The molecule has 0 unspecified atom stereocenters. The van der Waals surface area contributed by atoms with Crippen LogP contribution in [0.2, 0.25) is 0 Å². The zero-order valence-corrected chi connectivity index (χ0v) is 6.66. The van der Waals surface area contributed by atoms with Crippen LogP contribution in [-0.2, 0) is 0 Å². The smallest absolute Gasteiger partial charge is 0.187 e. The molecule has 0 spiro atoms. The fraction of sp³-hybridized carbons (Fsp3) is 0. The minimum absolute atomic E-state index is 0.0535. The van der Waals surface area contributed by atoms with Crippen molar-refractivity contribution in [2.24, 2.45) is 5.73 Å². The molecule has 0 amide bonds. The fourth-order valence-corrected chi connectivity index (χ4v) is 0.826. The van der Waals surface area contributed by atoms with Gasteiger partial charge >= 0.3 is 0 Å². The van der Waals surface area contributed by atoms with Crippen molar-refractivity contribution in [2.45, 2.75) is 0 Å². The molecule has 0 saturated carbocycles. The SMILES string of the molecule is NC(=S)c1cc(F)c(O)c(F)c1. The van der Waals surface area contributed by atoms with Gasteiger partial charge in [-0.1, -0.05) is 12.2 Å². The first kappa shape index (κ1) is 8.86. The number of hydrogen-bond acceptors (Lipinski definition) is 2. The van der Waals surface area contributed by atoms with Crippen LogP contribution in [0, 0.1) is 11.6 Å². The molecule has 0 aliphatic rings. The summed E-state index contributed by atoms with van der Waals surface area (Å²) in [6, 6.07) is 1.75. The lowest BCUT2D eigenvalue weighted by Crippen LogP contribution is -2.10. The summed E-state index contributed by atoms with van der Waals surface area (Å²) in [5, 5.41) is 8.68. The Balaban J connectivity index is 3.31. The van der Waals surface area contributed by atoms with Gasteiger partial charge in [-0.2, -0.15) is 0 Å². The van der Waals surface area contributed by atoms with E-state index in [2.05, 4.69) is 12.2 Å². The Bertz CT molecular complexity index is 317. The Hall–Kier alpha value is -1.23. The lowest BCUT2D eigenvalue weighted by atomic mass is 10.2. The molecule has 1 rings (SSSR count). The zero-order valence-electron chi connectivity index (χ0n) is 5.84. The molecular weight excluding hydrogens is 184 g/mol. The van der Waals surface area contributed by atoms with E-state index in [1.807, 2.05) is 0 Å². The second-order valence-electron chi connectivity index (χ2n) is 2.15. The van der Waals surface area contributed by atoms with Crippen LogP contribution in [0.1, 0.15) is 5.56 Å². The lowest BCUT2D eigenvalue weighted by molar-refractivity contribution is 0.396. The molecule has 3 N–H and O–H groups in total. The number of benzene rings is 1. The largest absolute Gasteiger partial charge is 0.503 e. The van der Waals surface area contributed by atoms with Gasteiger partial charge in [-0.25, -0.2) is 8.78 Å². The Kier molecular flexibility index (Phi) is 2.23. The third kappa shape index (κ3) is 1.50. The molecule has 1 aromatic carbocycles. The first-order valence-electron chi connectivity index (χ1n) is 3.00. The van der Waals surface area contributed by atoms with Gasteiger partial charge in [-0.3, -0.25) is 0 Å². The van der Waals surface area contributed by atoms with Gasteiger partial charge in [-0.15, -0.1) is 0 Å². The van der Waals surface area contributed by atoms with Gasteiger partial charge in [0.15, 0.2) is 17.4 Å². The van der Waals surface area contributed by atoms with E-state index in [1.54, 1.807) is 0 Å². The van der Waals surface area contributed by atoms with Gasteiger partial charge in [0.25, 0.3) is 0 Å². The van der Waals surface area contributed by atoms with Crippen LogP contribution >= 0.6 is 12.2 Å². The van der Waals surface area contributed by atoms with Crippen LogP contribution in [0.25, 0.3) is 0 Å². The van der Waals surface area contributed by atoms with Gasteiger partial charge < -0.3 is 10.8 Å². The minimum Gasteiger partial charge on any atom is -0.503 e. The molecule has 0 bridgehead atoms. The molecule has 12 heavy (non-hydrogen) atoms. The first-order valence-corrected chi connectivity index (χ1v) is 3.41. The summed E-state index contributed by atoms with van der Waals surface area (Å²) in [5.74, 6) is -3.16. The molecule has 5 heteroatoms. The third-order valence-electron chi connectivity index (χ3n) is 1.30. The Morgan fingerprint density at radius 3 is 2.08 bits per heavy atom. The highest BCUT2D eigenvalue weighted by molar-refractivity contribution is 7.80. The molecular formula is C7H5F2NOS. The van der Waals surface area contributed by atoms with Crippen molar-refractivity contribution in [2.75, 3.05) is 0 Å². The van der Waals surface area contributed by atoms with Gasteiger partial charge in [-0.05, 0) is 12.1 Å². The second kappa shape index (κ2) is 3.02. The number of thiocarbonyl (C=S) groups is 1. The summed E-state index contributed by atoms with van der Waals surface area (Å²) in [4.78, 5) is -0.118. The maximum absolute atomic E-state index is 12.6. The average Bonchev–Trinajstić information content (AvgIpc) is 1.99. The number of nitrogens with two attached hydrogens (primary N) is 1. The molecule has 0 fully saturated rings. The molecule has 0 atom stereocenters. The summed E-state index contributed by atoms with van der Waals surface area (Å²) in [7, 11) is 0. The number of phenolic OH excluding ortho intramolecular Hbond substituents is 1. The van der Waals surface area contributed by atoms with Crippen LogP contribution in [0.4, 0.5) is 8.78 Å². The molecule has 0 radical (unpaired) electrons. The summed E-state index contributed by atoms with van der Waals surface area (Å²) in [6.07, 6.45) is 0. The number of aromatic hydroxyl groups is 1. The number of halogens is 2. The van der Waals surface area contributed by atoms with Crippen LogP contribution in [0.15, 0.2) is 12.1 Å². The molecule has 0 heterocycles. The first-order chi connectivity index (χ1) is 5.52. The fourth-order valence-electron chi connectivity index (χ4n) is 0.708. The lowest BCUT2D eigenvalue weighted by Gasteiger charge is -2.00. The second-order valence-corrected chi connectivity index (χ2v) is 2.59. The summed E-state index contributed by atoms with van der Waals surface area (Å²) >= 11 is 4.49. The van der Waals surface area contributed by atoms with Crippen molar-refractivity contribution in [3.63, 3.8) is 0 Å². The Morgan fingerprint density at radius 2 is 1.75 bits per heavy atom. The summed E-state index contributed by atoms with van der Waals surface area (Å²) < 4.78 is 25.2. The maximum atomic E-state index is 12.6. The molecule has 2 nitrogen and oxygen atoms in total. The molecule has 0 saturated heterocycles. The van der Waals surface area contributed by atoms with E-state index in [0.717, 1.165) is 12.1 Å². The third-order valence-corrected chi connectivity index (χ3v) is 1.54. The summed E-state index contributed by atoms with van der Waals surface area (Å²) in [6.45, 7) is 0. The van der Waals surface area contributed by atoms with Gasteiger partial charge in [0.2, 0.25) is 0 Å². The molecule has 0 aliphatic carbocycles. The monoisotopic (exact) mass is 189 g/mol. The van der Waals surface area contributed by atoms with Crippen LogP contribution in [0.3, 0.4) is 0 Å². The Morgan fingerprint density at radius 1 is 1.33 bits per heavy atom. The van der Waals surface area contributed by atoms with Crippen molar-refractivity contribution < 1.29 is 13.9 Å². The van der Waals surface area contributed by atoms with E-state index < -0.39 is 17.4 Å². The van der Waals surface area contributed by atoms with E-state index in [-0.39, 0.29) is 10.6 Å². The van der Waals surface area contributed by atoms with Crippen molar-refractivity contribution in [1.29, 1.82) is 0 Å². The van der Waals surface area contributed by atoms with Crippen LogP contribution in [-0.4, -0.2) is 10.1 Å². The predicted molar refractivity (Wildman–Crippen MR) is 43.9 cm³/mol. The Labute approximate surface area is 72.6 Å². The van der Waals surface area contributed by atoms with Gasteiger partial charge in [0.05, 0.1) is 0 Å². The normalized spacial score (nSPS) is 9.83. The molecule has 0 aliphatic heterocycles. The van der Waals surface area contributed by atoms with E-state index in [1.165, 1.54) is 0 Å². The maximum Gasteiger partial charge on any atom is 0.187 e. The molecule has 1 aromatic rings. The highest BCUT2D eigenvalue weighted by atomic mass is 32.1. The number of phenols is 1. The quantitative estimate of drug-likeness (QED) is 0.654. The average molecular weight is 189 g/mol. The molecule has 0 aromatic heterocycles. The highest BCUT2D eigenvalue weighted by Crippen LogP contribution is 2.21. The van der Waals surface area contributed by atoms with Crippen molar-refractivity contribution >= 4 is 17.2 Å².